The van der Waals surface area contributed by atoms with Gasteiger partial charge in [-0.25, -0.2) is 0 Å². The number of rotatable bonds is 3. The molecular weight excluding hydrogens is 284 g/mol. The van der Waals surface area contributed by atoms with Gasteiger partial charge in [-0.05, 0) is 17.5 Å². The first-order chi connectivity index (χ1) is 10.1. The third kappa shape index (κ3) is 2.79. The maximum Gasteiger partial charge on any atom is 0.245 e. The second-order valence-corrected chi connectivity index (χ2v) is 7.12. The molecule has 0 spiro atoms. The first kappa shape index (κ1) is 14.4. The lowest BCUT2D eigenvalue weighted by atomic mass is 9.97. The maximum atomic E-state index is 12.5. The maximum absolute atomic E-state index is 12.5. The predicted molar refractivity (Wildman–Crippen MR) is 83.3 cm³/mol. The van der Waals surface area contributed by atoms with Crippen LogP contribution in [0.2, 0.25) is 0 Å². The lowest BCUT2D eigenvalue weighted by Gasteiger charge is -2.35. The van der Waals surface area contributed by atoms with Gasteiger partial charge in [0.2, 0.25) is 11.8 Å². The molecule has 5 heteroatoms. The summed E-state index contributed by atoms with van der Waals surface area (Å²) in [7, 11) is 0. The average molecular weight is 304 g/mol. The van der Waals surface area contributed by atoms with Crippen LogP contribution < -0.4 is 5.32 Å². The van der Waals surface area contributed by atoms with Crippen LogP contribution in [0.4, 0.5) is 0 Å². The summed E-state index contributed by atoms with van der Waals surface area (Å²) in [6.07, 6.45) is 0. The molecule has 2 aliphatic heterocycles. The number of nitrogens with one attached hydrogen (secondary N) is 1. The molecule has 2 heterocycles. The number of nitrogens with zero attached hydrogens (tertiary/aromatic N) is 1. The number of hydrogen-bond acceptors (Lipinski definition) is 3. The van der Waals surface area contributed by atoms with Crippen LogP contribution >= 0.6 is 11.8 Å². The van der Waals surface area contributed by atoms with Crippen LogP contribution in [0.25, 0.3) is 0 Å². The molecule has 112 valence electrons. The molecule has 2 unspecified atom stereocenters. The zero-order valence-corrected chi connectivity index (χ0v) is 13.2. The van der Waals surface area contributed by atoms with Gasteiger partial charge in [-0.3, -0.25) is 9.59 Å². The highest BCUT2D eigenvalue weighted by atomic mass is 32.2. The van der Waals surface area contributed by atoms with Crippen molar-refractivity contribution in [1.29, 1.82) is 0 Å². The minimum absolute atomic E-state index is 0.0489. The number of benzene rings is 1. The minimum Gasteiger partial charge on any atom is -0.343 e. The summed E-state index contributed by atoms with van der Waals surface area (Å²) in [6, 6.07) is 7.97. The van der Waals surface area contributed by atoms with Gasteiger partial charge in [0.1, 0.15) is 6.04 Å². The first-order valence-electron chi connectivity index (χ1n) is 7.36. The Morgan fingerprint density at radius 3 is 2.86 bits per heavy atom. The number of fused-ring (bicyclic) bond motifs is 1. The molecule has 0 aliphatic carbocycles. The second-order valence-electron chi connectivity index (χ2n) is 6.05. The van der Waals surface area contributed by atoms with Crippen molar-refractivity contribution in [1.82, 2.24) is 10.2 Å². The summed E-state index contributed by atoms with van der Waals surface area (Å²) in [5.41, 5.74) is 1.31. The Morgan fingerprint density at radius 1 is 1.33 bits per heavy atom. The molecule has 21 heavy (non-hydrogen) atoms. The standard InChI is InChI=1S/C16H20N2O2S/c1-10(2)15-16(20)18(8-14(19)17-15)7-11-9-21-13-6-4-3-5-12(11)13/h3-6,10-11,15H,7-9H2,1-2H3,(H,17,19). The van der Waals surface area contributed by atoms with E-state index in [4.69, 9.17) is 0 Å². The van der Waals surface area contributed by atoms with Crippen molar-refractivity contribution in [2.24, 2.45) is 5.92 Å². The van der Waals surface area contributed by atoms with Gasteiger partial charge in [0.25, 0.3) is 0 Å². The summed E-state index contributed by atoms with van der Waals surface area (Å²) >= 11 is 1.84. The van der Waals surface area contributed by atoms with E-state index < -0.39 is 0 Å². The largest absolute Gasteiger partial charge is 0.343 e. The number of amides is 2. The van der Waals surface area contributed by atoms with Crippen LogP contribution in [0.3, 0.4) is 0 Å². The zero-order valence-electron chi connectivity index (χ0n) is 12.3. The van der Waals surface area contributed by atoms with Crippen molar-refractivity contribution in [3.63, 3.8) is 0 Å². The number of carbonyl (C=O) groups excluding carboxylic acids is 2. The molecule has 0 bridgehead atoms. The Bertz CT molecular complexity index is 573. The van der Waals surface area contributed by atoms with Crippen molar-refractivity contribution >= 4 is 23.6 Å². The van der Waals surface area contributed by atoms with Crippen LogP contribution in [-0.2, 0) is 9.59 Å². The molecular formula is C16H20N2O2S. The molecule has 0 aromatic heterocycles. The van der Waals surface area contributed by atoms with Crippen molar-refractivity contribution in [3.05, 3.63) is 29.8 Å². The minimum atomic E-state index is -0.379. The van der Waals surface area contributed by atoms with E-state index in [9.17, 15) is 9.59 Å². The van der Waals surface area contributed by atoms with E-state index in [1.807, 2.05) is 37.7 Å². The molecule has 3 rings (SSSR count). The molecule has 1 fully saturated rings. The van der Waals surface area contributed by atoms with E-state index in [2.05, 4.69) is 17.4 Å². The smallest absolute Gasteiger partial charge is 0.245 e. The summed E-state index contributed by atoms with van der Waals surface area (Å²) in [5, 5.41) is 2.80. The van der Waals surface area contributed by atoms with Crippen LogP contribution in [0.1, 0.15) is 25.3 Å². The highest BCUT2D eigenvalue weighted by Crippen LogP contribution is 2.39. The molecule has 1 aromatic carbocycles. The summed E-state index contributed by atoms with van der Waals surface area (Å²) in [4.78, 5) is 27.4. The monoisotopic (exact) mass is 304 g/mol. The Labute approximate surface area is 129 Å². The van der Waals surface area contributed by atoms with Crippen molar-refractivity contribution in [2.45, 2.75) is 30.7 Å². The molecule has 2 aliphatic rings. The van der Waals surface area contributed by atoms with Crippen LogP contribution in [0.5, 0.6) is 0 Å². The number of thioether (sulfide) groups is 1. The van der Waals surface area contributed by atoms with Gasteiger partial charge < -0.3 is 10.2 Å². The summed E-state index contributed by atoms with van der Waals surface area (Å²) in [6.45, 7) is 4.75. The molecule has 2 amide bonds. The Morgan fingerprint density at radius 2 is 2.10 bits per heavy atom. The quantitative estimate of drug-likeness (QED) is 0.927. The lowest BCUT2D eigenvalue weighted by molar-refractivity contribution is -0.145. The number of hydrogen-bond donors (Lipinski definition) is 1. The van der Waals surface area contributed by atoms with E-state index in [0.717, 1.165) is 5.75 Å². The van der Waals surface area contributed by atoms with Crippen molar-refractivity contribution in [2.75, 3.05) is 18.8 Å². The number of carbonyl (C=O) groups is 2. The third-order valence-corrected chi connectivity index (χ3v) is 5.39. The highest BCUT2D eigenvalue weighted by molar-refractivity contribution is 7.99. The van der Waals surface area contributed by atoms with Gasteiger partial charge in [0, 0.05) is 23.1 Å². The fraction of sp³-hybridized carbons (Fsp3) is 0.500. The summed E-state index contributed by atoms with van der Waals surface area (Å²) < 4.78 is 0. The summed E-state index contributed by atoms with van der Waals surface area (Å²) in [5.74, 6) is 1.44. The SMILES string of the molecule is CC(C)C1NC(=O)CN(CC2CSc3ccccc32)C1=O. The molecule has 1 saturated heterocycles. The van der Waals surface area contributed by atoms with Crippen LogP contribution in [-0.4, -0.2) is 41.6 Å². The van der Waals surface area contributed by atoms with Gasteiger partial charge in [0.05, 0.1) is 6.54 Å². The topological polar surface area (TPSA) is 49.4 Å². The normalized spacial score (nSPS) is 25.2. The predicted octanol–water partition coefficient (Wildman–Crippen LogP) is 1.86. The van der Waals surface area contributed by atoms with E-state index in [1.54, 1.807) is 4.90 Å². The first-order valence-corrected chi connectivity index (χ1v) is 8.34. The number of piperazine rings is 1. The average Bonchev–Trinajstić information content (AvgIpc) is 2.85. The fourth-order valence-electron chi connectivity index (χ4n) is 2.98. The van der Waals surface area contributed by atoms with Crippen molar-refractivity contribution < 1.29 is 9.59 Å². The second kappa shape index (κ2) is 5.72. The van der Waals surface area contributed by atoms with E-state index in [0.29, 0.717) is 12.5 Å². The Balaban J connectivity index is 1.76. The lowest BCUT2D eigenvalue weighted by Crippen LogP contribution is -2.60. The van der Waals surface area contributed by atoms with E-state index in [1.165, 1.54) is 10.5 Å². The third-order valence-electron chi connectivity index (χ3n) is 4.13. The van der Waals surface area contributed by atoms with Gasteiger partial charge in [-0.2, -0.15) is 0 Å². The fourth-order valence-corrected chi connectivity index (χ4v) is 4.22. The highest BCUT2D eigenvalue weighted by Gasteiger charge is 2.36. The van der Waals surface area contributed by atoms with E-state index in [-0.39, 0.29) is 30.3 Å². The molecule has 1 aromatic rings. The van der Waals surface area contributed by atoms with Crippen molar-refractivity contribution in [3.8, 4) is 0 Å². The molecule has 1 N–H and O–H groups in total. The van der Waals surface area contributed by atoms with Gasteiger partial charge in [0.15, 0.2) is 0 Å². The zero-order chi connectivity index (χ0) is 15.0. The van der Waals surface area contributed by atoms with Crippen LogP contribution in [0, 0.1) is 5.92 Å². The Hall–Kier alpha value is -1.49. The molecule has 2 atom stereocenters. The van der Waals surface area contributed by atoms with Crippen LogP contribution in [0.15, 0.2) is 29.2 Å². The Kier molecular flexibility index (Phi) is 3.93. The molecule has 0 saturated carbocycles. The molecule has 4 nitrogen and oxygen atoms in total. The molecule has 0 radical (unpaired) electrons. The van der Waals surface area contributed by atoms with Gasteiger partial charge in [-0.1, -0.05) is 32.0 Å². The van der Waals surface area contributed by atoms with Gasteiger partial charge in [-0.15, -0.1) is 11.8 Å². The van der Waals surface area contributed by atoms with Gasteiger partial charge >= 0.3 is 0 Å². The van der Waals surface area contributed by atoms with E-state index >= 15 is 0 Å².